The van der Waals surface area contributed by atoms with Crippen molar-refractivity contribution < 1.29 is 39.9 Å². The first-order valence-corrected chi connectivity index (χ1v) is 14.4. The number of phenols is 1. The predicted molar refractivity (Wildman–Crippen MR) is 159 cm³/mol. The Morgan fingerprint density at radius 1 is 1.11 bits per heavy atom. The second-order valence-electron chi connectivity index (χ2n) is 12.3. The lowest BCUT2D eigenvalue weighted by atomic mass is 9.55. The van der Waals surface area contributed by atoms with Gasteiger partial charge in [-0.25, -0.2) is 0 Å². The number of Topliss-reactive ketones (excluding diaryl/α,β-unsaturated/α-hetero) is 2. The molecule has 0 bridgehead atoms. The molecule has 1 aromatic rings. The quantitative estimate of drug-likeness (QED) is 0.103. The lowest BCUT2D eigenvalue weighted by Crippen LogP contribution is -2.65. The van der Waals surface area contributed by atoms with E-state index >= 15 is 0 Å². The molecular weight excluding hydrogens is 588 g/mol. The first-order valence-electron chi connectivity index (χ1n) is 14.4. The Morgan fingerprint density at radius 2 is 1.76 bits per heavy atom. The van der Waals surface area contributed by atoms with Crippen molar-refractivity contribution in [1.29, 1.82) is 10.8 Å². The Bertz CT molecular complexity index is 1560. The van der Waals surface area contributed by atoms with Crippen LogP contribution in [0.4, 0.5) is 0 Å². The molecule has 1 fully saturated rings. The lowest BCUT2D eigenvalue weighted by Gasteiger charge is -2.52. The van der Waals surface area contributed by atoms with Crippen LogP contribution in [-0.2, 0) is 15.2 Å². The number of carbonyl (C=O) groups excluding carboxylic acids is 3. The average Bonchev–Trinajstić information content (AvgIpc) is 2.96. The number of nitrogens with zero attached hydrogens (tertiary/aromatic N) is 3. The molecule has 3 aliphatic carbocycles. The summed E-state index contributed by atoms with van der Waals surface area (Å²) in [5, 5.41) is 77.4. The zero-order chi connectivity index (χ0) is 33.2. The summed E-state index contributed by atoms with van der Waals surface area (Å²) in [6.45, 7) is 2.92. The average molecular weight is 627 g/mol. The van der Waals surface area contributed by atoms with E-state index in [1.807, 2.05) is 4.90 Å². The van der Waals surface area contributed by atoms with Crippen molar-refractivity contribution in [2.45, 2.75) is 30.6 Å². The number of carbonyl (C=O) groups is 3. The fraction of sp³-hybridized carbons (Fsp3) is 0.483. The molecule has 11 N–H and O–H groups in total. The van der Waals surface area contributed by atoms with E-state index in [1.165, 1.54) is 30.0 Å². The second-order valence-corrected chi connectivity index (χ2v) is 12.3. The van der Waals surface area contributed by atoms with Gasteiger partial charge in [-0.15, -0.1) is 0 Å². The zero-order valence-corrected chi connectivity index (χ0v) is 25.1. The summed E-state index contributed by atoms with van der Waals surface area (Å²) in [6, 6.07) is 3.02. The van der Waals surface area contributed by atoms with Gasteiger partial charge in [0, 0.05) is 43.6 Å². The predicted octanol–water partition coefficient (Wildman–Crippen LogP) is -1.59. The molecule has 1 saturated heterocycles. The number of amides is 1. The van der Waals surface area contributed by atoms with Crippen LogP contribution in [-0.4, -0.2) is 128 Å². The van der Waals surface area contributed by atoms with Crippen LogP contribution in [0.15, 0.2) is 40.9 Å². The minimum absolute atomic E-state index is 0.0353. The summed E-state index contributed by atoms with van der Waals surface area (Å²) in [6.07, 6.45) is -0.227. The first-order chi connectivity index (χ1) is 21.0. The maximum absolute atomic E-state index is 14.0. The lowest BCUT2D eigenvalue weighted by molar-refractivity contribution is -0.152. The number of piperazine rings is 1. The number of phenolic OH excluding ortho intramolecular Hbond substituents is 1. The van der Waals surface area contributed by atoms with Gasteiger partial charge in [0.1, 0.15) is 22.8 Å². The van der Waals surface area contributed by atoms with E-state index in [0.717, 1.165) is 0 Å². The highest BCUT2D eigenvalue weighted by Gasteiger charge is 2.65. The third-order valence-electron chi connectivity index (χ3n) is 9.41. The van der Waals surface area contributed by atoms with Gasteiger partial charge in [0.15, 0.2) is 23.3 Å². The van der Waals surface area contributed by atoms with E-state index in [2.05, 4.69) is 10.6 Å². The molecule has 1 aromatic carbocycles. The number of guanidine groups is 2. The topological polar surface area (TPSA) is 260 Å². The molecule has 5 atom stereocenters. The number of hydrogen-bond donors (Lipinski definition) is 10. The Hall–Kier alpha value is -4.51. The highest BCUT2D eigenvalue weighted by Crippen LogP contribution is 2.56. The number of hydrogen-bond acceptors (Lipinski definition) is 12. The van der Waals surface area contributed by atoms with E-state index in [-0.39, 0.29) is 36.1 Å². The third kappa shape index (κ3) is 4.89. The number of aliphatic hydroxyl groups is 4. The molecule has 0 radical (unpaired) electrons. The number of nitrogens with two attached hydrogens (primary N) is 1. The van der Waals surface area contributed by atoms with Crippen molar-refractivity contribution in [2.75, 3.05) is 46.9 Å². The Balaban J connectivity index is 1.45. The van der Waals surface area contributed by atoms with Crippen LogP contribution < -0.4 is 16.4 Å². The minimum Gasteiger partial charge on any atom is -0.510 e. The van der Waals surface area contributed by atoms with Gasteiger partial charge < -0.3 is 41.5 Å². The maximum Gasteiger partial charge on any atom is 0.259 e. The molecule has 5 rings (SSSR count). The normalized spacial score (nSPS) is 30.1. The molecule has 1 amide bonds. The van der Waals surface area contributed by atoms with Gasteiger partial charge in [0.2, 0.25) is 5.78 Å². The molecule has 0 unspecified atom stereocenters. The number of benzene rings is 1. The molecule has 1 heterocycles. The van der Waals surface area contributed by atoms with Crippen molar-refractivity contribution in [3.63, 3.8) is 0 Å². The second kappa shape index (κ2) is 11.1. The standard InChI is InChI=1S/C29H38N8O8/c1-28(44)13-5-4-6-16(38)17(13)21(39)18-14(28)11-15-20(35(2)3)22(40)19(24(42)29(15,45)23(18)41)25(43)33-12-36-7-9-37(10-8-36)27(32)34-26(30)31/h4-6,14-15,20,38,40-41,44-45H,7-12H2,1-3H3,(H,33,43)(H5,30,31,32,34)/t14-,15-,20-,28+,29-/m0/s1. The molecule has 0 spiro atoms. The van der Waals surface area contributed by atoms with Gasteiger partial charge in [-0.3, -0.25) is 40.3 Å². The first kappa shape index (κ1) is 31.9. The van der Waals surface area contributed by atoms with Crippen molar-refractivity contribution in [3.8, 4) is 5.75 Å². The van der Waals surface area contributed by atoms with Crippen LogP contribution in [0.3, 0.4) is 0 Å². The largest absolute Gasteiger partial charge is 0.510 e. The molecule has 16 heteroatoms. The molecular formula is C29H38N8O8. The number of likely N-dealkylation sites (N-methyl/N-ethyl adjacent to an activating group) is 1. The van der Waals surface area contributed by atoms with Crippen molar-refractivity contribution >= 4 is 29.4 Å². The summed E-state index contributed by atoms with van der Waals surface area (Å²) < 4.78 is 0. The van der Waals surface area contributed by atoms with E-state index < -0.39 is 75.0 Å². The maximum atomic E-state index is 14.0. The molecule has 45 heavy (non-hydrogen) atoms. The summed E-state index contributed by atoms with van der Waals surface area (Å²) >= 11 is 0. The van der Waals surface area contributed by atoms with Crippen LogP contribution in [0.2, 0.25) is 0 Å². The number of aliphatic hydroxyl groups excluding tert-OH is 2. The summed E-state index contributed by atoms with van der Waals surface area (Å²) in [4.78, 5) is 46.1. The summed E-state index contributed by atoms with van der Waals surface area (Å²) in [7, 11) is 3.11. The SMILES string of the molecule is CN(C)[C@@H]1C(O)=C(C(=O)NCN2CCN(C(=N)NC(=N)N)CC2)C(=O)[C@@]2(O)C(O)=C3C(=O)c4c(O)cccc4[C@@](C)(O)[C@H]3C[C@@H]12. The molecule has 16 nitrogen and oxygen atoms in total. The number of nitrogens with one attached hydrogen (secondary N) is 4. The Kier molecular flexibility index (Phi) is 7.89. The number of aromatic hydroxyl groups is 1. The highest BCUT2D eigenvalue weighted by molar-refractivity contribution is 6.25. The zero-order valence-electron chi connectivity index (χ0n) is 25.1. The van der Waals surface area contributed by atoms with E-state index in [9.17, 15) is 39.9 Å². The van der Waals surface area contributed by atoms with Crippen LogP contribution in [0.25, 0.3) is 0 Å². The number of fused-ring (bicyclic) bond motifs is 3. The van der Waals surface area contributed by atoms with E-state index in [4.69, 9.17) is 16.6 Å². The van der Waals surface area contributed by atoms with Gasteiger partial charge in [0.25, 0.3) is 5.91 Å². The van der Waals surface area contributed by atoms with Gasteiger partial charge in [-0.1, -0.05) is 12.1 Å². The van der Waals surface area contributed by atoms with Gasteiger partial charge >= 0.3 is 0 Å². The monoisotopic (exact) mass is 626 g/mol. The fourth-order valence-corrected chi connectivity index (χ4v) is 7.10. The van der Waals surface area contributed by atoms with Crippen LogP contribution >= 0.6 is 0 Å². The number of ketones is 2. The van der Waals surface area contributed by atoms with E-state index in [1.54, 1.807) is 19.0 Å². The fourth-order valence-electron chi connectivity index (χ4n) is 7.10. The van der Waals surface area contributed by atoms with Crippen molar-refractivity contribution in [1.82, 2.24) is 25.3 Å². The van der Waals surface area contributed by atoms with Crippen LogP contribution in [0.1, 0.15) is 29.3 Å². The number of rotatable bonds is 4. The smallest absolute Gasteiger partial charge is 0.259 e. The molecule has 242 valence electrons. The molecule has 1 aliphatic heterocycles. The third-order valence-corrected chi connectivity index (χ3v) is 9.41. The Morgan fingerprint density at radius 3 is 2.36 bits per heavy atom. The summed E-state index contributed by atoms with van der Waals surface area (Å²) in [5.41, 5.74) is -0.694. The van der Waals surface area contributed by atoms with Crippen molar-refractivity contribution in [3.05, 3.63) is 52.0 Å². The molecule has 0 aromatic heterocycles. The Labute approximate surface area is 258 Å². The minimum atomic E-state index is -2.80. The van der Waals surface area contributed by atoms with Gasteiger partial charge in [0.05, 0.1) is 23.9 Å². The molecule has 0 saturated carbocycles. The van der Waals surface area contributed by atoms with Crippen molar-refractivity contribution in [2.24, 2.45) is 17.6 Å². The van der Waals surface area contributed by atoms with E-state index in [0.29, 0.717) is 26.2 Å². The highest BCUT2D eigenvalue weighted by atomic mass is 16.3. The van der Waals surface area contributed by atoms with Gasteiger partial charge in [-0.2, -0.15) is 0 Å². The summed E-state index contributed by atoms with van der Waals surface area (Å²) in [5.74, 6) is -8.06. The van der Waals surface area contributed by atoms with Crippen LogP contribution in [0, 0.1) is 22.7 Å². The molecule has 4 aliphatic rings. The van der Waals surface area contributed by atoms with Gasteiger partial charge in [-0.05, 0) is 39.1 Å². The van der Waals surface area contributed by atoms with Crippen LogP contribution in [0.5, 0.6) is 5.75 Å².